The van der Waals surface area contributed by atoms with Crippen molar-refractivity contribution in [2.24, 2.45) is 0 Å². The quantitative estimate of drug-likeness (QED) is 0.747. The summed E-state index contributed by atoms with van der Waals surface area (Å²) in [6, 6.07) is 8.83. The Balaban J connectivity index is 2.38. The van der Waals surface area contributed by atoms with Crippen molar-refractivity contribution in [3.63, 3.8) is 0 Å². The van der Waals surface area contributed by atoms with E-state index < -0.39 is 0 Å². The second-order valence-electron chi connectivity index (χ2n) is 3.58. The maximum Gasteiger partial charge on any atom is 0.251 e. The van der Waals surface area contributed by atoms with Gasteiger partial charge < -0.3 is 4.57 Å². The van der Waals surface area contributed by atoms with Crippen LogP contribution < -0.4 is 5.56 Å². The van der Waals surface area contributed by atoms with E-state index in [1.165, 1.54) is 0 Å². The lowest BCUT2D eigenvalue weighted by atomic mass is 10.2. The van der Waals surface area contributed by atoms with Gasteiger partial charge in [-0.15, -0.1) is 0 Å². The first-order chi connectivity index (χ1) is 7.66. The Labute approximate surface area is 98.3 Å². The molecule has 0 aliphatic carbocycles. The lowest BCUT2D eigenvalue weighted by Gasteiger charge is -2.09. The van der Waals surface area contributed by atoms with E-state index in [9.17, 15) is 4.79 Å². The Morgan fingerprint density at radius 3 is 2.88 bits per heavy atom. The fraction of sp³-hybridized carbons (Fsp3) is 0.167. The highest BCUT2D eigenvalue weighted by molar-refractivity contribution is 6.29. The van der Waals surface area contributed by atoms with Crippen LogP contribution in [0.4, 0.5) is 0 Å². The van der Waals surface area contributed by atoms with Crippen molar-refractivity contribution in [2.45, 2.75) is 13.5 Å². The van der Waals surface area contributed by atoms with Gasteiger partial charge in [0.05, 0.1) is 6.54 Å². The van der Waals surface area contributed by atoms with Gasteiger partial charge in [-0.25, -0.2) is 4.98 Å². The minimum atomic E-state index is -0.00654. The van der Waals surface area contributed by atoms with Gasteiger partial charge in [0.2, 0.25) is 0 Å². The van der Waals surface area contributed by atoms with E-state index in [0.717, 1.165) is 11.3 Å². The Morgan fingerprint density at radius 1 is 1.38 bits per heavy atom. The molecule has 0 N–H and O–H groups in total. The molecule has 0 aliphatic rings. The third kappa shape index (κ3) is 2.31. The van der Waals surface area contributed by atoms with Gasteiger partial charge in [-0.2, -0.15) is 0 Å². The van der Waals surface area contributed by atoms with Crippen LogP contribution in [0, 0.1) is 6.92 Å². The largest absolute Gasteiger partial charge is 0.309 e. The van der Waals surface area contributed by atoms with Crippen molar-refractivity contribution in [1.82, 2.24) is 9.55 Å². The number of aryl methyl sites for hydroxylation is 1. The molecule has 0 saturated heterocycles. The molecule has 2 aromatic heterocycles. The molecule has 0 aliphatic heterocycles. The minimum absolute atomic E-state index is 0.00654. The number of hydrogen-bond donors (Lipinski definition) is 0. The highest BCUT2D eigenvalue weighted by Crippen LogP contribution is 2.08. The summed E-state index contributed by atoms with van der Waals surface area (Å²) in [5, 5.41) is 0.444. The average molecular weight is 235 g/mol. The zero-order valence-electron chi connectivity index (χ0n) is 8.85. The number of pyridine rings is 2. The molecule has 16 heavy (non-hydrogen) atoms. The molecule has 2 aromatic rings. The van der Waals surface area contributed by atoms with Gasteiger partial charge >= 0.3 is 0 Å². The van der Waals surface area contributed by atoms with Crippen LogP contribution in [0.5, 0.6) is 0 Å². The van der Waals surface area contributed by atoms with Gasteiger partial charge in [0.15, 0.2) is 0 Å². The standard InChI is InChI=1S/C12H11ClN2O/c1-9-3-2-4-12(16)15(9)8-10-5-6-14-11(13)7-10/h2-7H,8H2,1H3. The summed E-state index contributed by atoms with van der Waals surface area (Å²) >= 11 is 5.79. The predicted molar refractivity (Wildman–Crippen MR) is 63.8 cm³/mol. The summed E-state index contributed by atoms with van der Waals surface area (Å²) in [5.41, 5.74) is 1.89. The van der Waals surface area contributed by atoms with Crippen LogP contribution in [-0.2, 0) is 6.54 Å². The molecule has 0 fully saturated rings. The third-order valence-electron chi connectivity index (χ3n) is 2.40. The van der Waals surface area contributed by atoms with Crippen molar-refractivity contribution in [3.05, 3.63) is 63.3 Å². The molecular formula is C12H11ClN2O. The lowest BCUT2D eigenvalue weighted by Crippen LogP contribution is -2.21. The molecule has 4 heteroatoms. The van der Waals surface area contributed by atoms with Gasteiger partial charge in [0, 0.05) is 18.0 Å². The van der Waals surface area contributed by atoms with Crippen LogP contribution >= 0.6 is 11.6 Å². The Kier molecular flexibility index (Phi) is 3.06. The van der Waals surface area contributed by atoms with Crippen molar-refractivity contribution in [2.75, 3.05) is 0 Å². The first-order valence-corrected chi connectivity index (χ1v) is 5.31. The monoisotopic (exact) mass is 234 g/mol. The zero-order chi connectivity index (χ0) is 11.5. The van der Waals surface area contributed by atoms with E-state index in [1.54, 1.807) is 29.0 Å². The first kappa shape index (κ1) is 10.9. The minimum Gasteiger partial charge on any atom is -0.309 e. The molecule has 0 aromatic carbocycles. The maximum atomic E-state index is 11.6. The van der Waals surface area contributed by atoms with Gasteiger partial charge in [0.25, 0.3) is 5.56 Å². The van der Waals surface area contributed by atoms with E-state index in [1.807, 2.05) is 19.1 Å². The fourth-order valence-corrected chi connectivity index (χ4v) is 1.75. The number of hydrogen-bond acceptors (Lipinski definition) is 2. The van der Waals surface area contributed by atoms with Gasteiger partial charge in [-0.3, -0.25) is 4.79 Å². The molecular weight excluding hydrogens is 224 g/mol. The molecule has 0 atom stereocenters. The Hall–Kier alpha value is -1.61. The van der Waals surface area contributed by atoms with Gasteiger partial charge in [-0.1, -0.05) is 17.7 Å². The number of rotatable bonds is 2. The van der Waals surface area contributed by atoms with Crippen LogP contribution in [0.2, 0.25) is 5.15 Å². The predicted octanol–water partition coefficient (Wildman–Crippen LogP) is 2.25. The van der Waals surface area contributed by atoms with Crippen LogP contribution in [0.3, 0.4) is 0 Å². The smallest absolute Gasteiger partial charge is 0.251 e. The molecule has 2 rings (SSSR count). The summed E-state index contributed by atoms with van der Waals surface area (Å²) in [6.45, 7) is 2.43. The van der Waals surface area contributed by atoms with Crippen molar-refractivity contribution in [3.8, 4) is 0 Å². The van der Waals surface area contributed by atoms with Gasteiger partial charge in [0.1, 0.15) is 5.15 Å². The van der Waals surface area contributed by atoms with E-state index in [-0.39, 0.29) is 5.56 Å². The van der Waals surface area contributed by atoms with Crippen LogP contribution in [0.25, 0.3) is 0 Å². The second-order valence-corrected chi connectivity index (χ2v) is 3.97. The summed E-state index contributed by atoms with van der Waals surface area (Å²) in [5.74, 6) is 0. The number of nitrogens with zero attached hydrogens (tertiary/aromatic N) is 2. The third-order valence-corrected chi connectivity index (χ3v) is 2.61. The summed E-state index contributed by atoms with van der Waals surface area (Å²) in [4.78, 5) is 15.5. The molecule has 82 valence electrons. The Bertz CT molecular complexity index is 563. The molecule has 3 nitrogen and oxygen atoms in total. The highest BCUT2D eigenvalue weighted by Gasteiger charge is 2.01. The normalized spacial score (nSPS) is 10.4. The van der Waals surface area contributed by atoms with Crippen molar-refractivity contribution in [1.29, 1.82) is 0 Å². The Morgan fingerprint density at radius 2 is 2.19 bits per heavy atom. The topological polar surface area (TPSA) is 34.9 Å². The van der Waals surface area contributed by atoms with E-state index in [2.05, 4.69) is 4.98 Å². The maximum absolute atomic E-state index is 11.6. The molecule has 0 amide bonds. The average Bonchev–Trinajstić information content (AvgIpc) is 2.24. The first-order valence-electron chi connectivity index (χ1n) is 4.94. The second kappa shape index (κ2) is 4.49. The molecule has 0 unspecified atom stereocenters. The van der Waals surface area contributed by atoms with E-state index in [0.29, 0.717) is 11.7 Å². The molecule has 0 spiro atoms. The molecule has 2 heterocycles. The van der Waals surface area contributed by atoms with Crippen LogP contribution in [-0.4, -0.2) is 9.55 Å². The number of aromatic nitrogens is 2. The number of halogens is 1. The van der Waals surface area contributed by atoms with Crippen LogP contribution in [0.1, 0.15) is 11.3 Å². The van der Waals surface area contributed by atoms with E-state index >= 15 is 0 Å². The SMILES string of the molecule is Cc1cccc(=O)n1Cc1ccnc(Cl)c1. The summed E-state index contributed by atoms with van der Waals surface area (Å²) in [6.07, 6.45) is 1.64. The summed E-state index contributed by atoms with van der Waals surface area (Å²) < 4.78 is 1.70. The van der Waals surface area contributed by atoms with Crippen LogP contribution in [0.15, 0.2) is 41.3 Å². The molecule has 0 saturated carbocycles. The molecule has 0 radical (unpaired) electrons. The van der Waals surface area contributed by atoms with Crippen molar-refractivity contribution < 1.29 is 0 Å². The fourth-order valence-electron chi connectivity index (χ4n) is 1.55. The highest BCUT2D eigenvalue weighted by atomic mass is 35.5. The zero-order valence-corrected chi connectivity index (χ0v) is 9.61. The van der Waals surface area contributed by atoms with E-state index in [4.69, 9.17) is 11.6 Å². The molecule has 0 bridgehead atoms. The van der Waals surface area contributed by atoms with Gasteiger partial charge in [-0.05, 0) is 30.7 Å². The summed E-state index contributed by atoms with van der Waals surface area (Å²) in [7, 11) is 0. The lowest BCUT2D eigenvalue weighted by molar-refractivity contribution is 0.729. The van der Waals surface area contributed by atoms with Crippen molar-refractivity contribution >= 4 is 11.6 Å².